The van der Waals surface area contributed by atoms with Crippen LogP contribution in [0.25, 0.3) is 0 Å². The van der Waals surface area contributed by atoms with Crippen LogP contribution in [0, 0.1) is 11.3 Å². The molecule has 1 aliphatic rings. The van der Waals surface area contributed by atoms with Crippen LogP contribution in [0.1, 0.15) is 22.7 Å². The summed E-state index contributed by atoms with van der Waals surface area (Å²) in [6, 6.07) is 16.0. The molecular weight excluding hydrogens is 398 g/mol. The number of morpholine rings is 1. The average Bonchev–Trinajstić information content (AvgIpc) is 2.69. The van der Waals surface area contributed by atoms with Crippen LogP contribution in [0.4, 0.5) is 0 Å². The minimum atomic E-state index is -3.56. The summed E-state index contributed by atoms with van der Waals surface area (Å²) in [5.74, 6) is -0.173. The molecule has 0 saturated carbocycles. The first-order valence-corrected chi connectivity index (χ1v) is 11.0. The minimum absolute atomic E-state index is 0.136. The maximum atomic E-state index is 12.6. The second kappa shape index (κ2) is 9.50. The molecule has 0 aliphatic carbocycles. The third-order valence-electron chi connectivity index (χ3n) is 4.63. The van der Waals surface area contributed by atoms with Gasteiger partial charge in [0.1, 0.15) is 0 Å². The molecule has 1 aliphatic heterocycles. The Hall–Kier alpha value is -1.95. The number of halogens is 1. The van der Waals surface area contributed by atoms with Crippen LogP contribution in [0.15, 0.2) is 48.5 Å². The summed E-state index contributed by atoms with van der Waals surface area (Å²) in [5.41, 5.74) is 1.98. The molecule has 8 heteroatoms. The Labute approximate surface area is 170 Å². The summed E-state index contributed by atoms with van der Waals surface area (Å²) in [7, 11) is -3.56. The largest absolute Gasteiger partial charge is 0.379 e. The number of hydrogen-bond acceptors (Lipinski definition) is 5. The lowest BCUT2D eigenvalue weighted by Gasteiger charge is -2.35. The van der Waals surface area contributed by atoms with E-state index in [0.29, 0.717) is 29.4 Å². The zero-order valence-corrected chi connectivity index (χ0v) is 16.9. The third-order valence-corrected chi connectivity index (χ3v) is 6.18. The molecule has 1 heterocycles. The molecule has 1 N–H and O–H groups in total. The van der Waals surface area contributed by atoms with Crippen molar-refractivity contribution >= 4 is 21.6 Å². The molecular formula is C20H22ClN3O3S. The second-order valence-corrected chi connectivity index (χ2v) is 8.88. The smallest absolute Gasteiger partial charge is 0.215 e. The van der Waals surface area contributed by atoms with Crippen molar-refractivity contribution in [2.45, 2.75) is 11.8 Å². The minimum Gasteiger partial charge on any atom is -0.379 e. The van der Waals surface area contributed by atoms with Gasteiger partial charge in [0.05, 0.1) is 30.6 Å². The van der Waals surface area contributed by atoms with Gasteiger partial charge in [-0.25, -0.2) is 13.1 Å². The number of sulfonamides is 1. The maximum absolute atomic E-state index is 12.6. The van der Waals surface area contributed by atoms with Gasteiger partial charge in [-0.15, -0.1) is 0 Å². The Bertz CT molecular complexity index is 953. The highest BCUT2D eigenvalue weighted by Crippen LogP contribution is 2.24. The zero-order chi connectivity index (χ0) is 20.0. The zero-order valence-electron chi connectivity index (χ0n) is 15.3. The molecule has 3 rings (SSSR count). The first-order valence-electron chi connectivity index (χ1n) is 9.00. The van der Waals surface area contributed by atoms with Crippen LogP contribution in [-0.2, 0) is 20.5 Å². The van der Waals surface area contributed by atoms with E-state index in [0.717, 1.165) is 18.7 Å². The molecule has 1 fully saturated rings. The lowest BCUT2D eigenvalue weighted by molar-refractivity contribution is 0.0172. The number of ether oxygens (including phenoxy) is 1. The molecule has 0 amide bonds. The highest BCUT2D eigenvalue weighted by Gasteiger charge is 2.24. The van der Waals surface area contributed by atoms with Gasteiger partial charge in [0.2, 0.25) is 10.0 Å². The van der Waals surface area contributed by atoms with Crippen molar-refractivity contribution in [2.24, 2.45) is 0 Å². The number of nitrogens with zero attached hydrogens (tertiary/aromatic N) is 2. The lowest BCUT2D eigenvalue weighted by Crippen LogP contribution is -2.44. The number of rotatable bonds is 7. The lowest BCUT2D eigenvalue weighted by atomic mass is 10.1. The van der Waals surface area contributed by atoms with Gasteiger partial charge < -0.3 is 4.74 Å². The van der Waals surface area contributed by atoms with Crippen LogP contribution in [0.2, 0.25) is 5.02 Å². The van der Waals surface area contributed by atoms with Crippen molar-refractivity contribution in [3.05, 3.63) is 70.2 Å². The van der Waals surface area contributed by atoms with E-state index in [4.69, 9.17) is 21.6 Å². The fraction of sp³-hybridized carbons (Fsp3) is 0.350. The molecule has 1 atom stereocenters. The monoisotopic (exact) mass is 419 g/mol. The first-order chi connectivity index (χ1) is 13.5. The Morgan fingerprint density at radius 1 is 1.18 bits per heavy atom. The Kier molecular flexibility index (Phi) is 7.05. The quantitative estimate of drug-likeness (QED) is 0.746. The Morgan fingerprint density at radius 3 is 2.64 bits per heavy atom. The Morgan fingerprint density at radius 2 is 1.93 bits per heavy atom. The molecule has 1 unspecified atom stereocenters. The second-order valence-electron chi connectivity index (χ2n) is 6.64. The normalized spacial score (nSPS) is 16.4. The van der Waals surface area contributed by atoms with Crippen LogP contribution in [0.3, 0.4) is 0 Å². The molecule has 2 aromatic carbocycles. The van der Waals surface area contributed by atoms with E-state index in [9.17, 15) is 8.42 Å². The van der Waals surface area contributed by atoms with Gasteiger partial charge in [0, 0.05) is 30.7 Å². The summed E-state index contributed by atoms with van der Waals surface area (Å²) in [4.78, 5) is 2.20. The predicted octanol–water partition coefficient (Wildman–Crippen LogP) is 2.70. The van der Waals surface area contributed by atoms with E-state index in [-0.39, 0.29) is 18.3 Å². The SMILES string of the molecule is N#Cc1cccc(CS(=O)(=O)NCC(c2cccc(Cl)c2)N2CCOCC2)c1. The summed E-state index contributed by atoms with van der Waals surface area (Å²) in [6.07, 6.45) is 0. The van der Waals surface area contributed by atoms with E-state index < -0.39 is 10.0 Å². The molecule has 148 valence electrons. The summed E-state index contributed by atoms with van der Waals surface area (Å²) in [5, 5.41) is 9.61. The molecule has 0 bridgehead atoms. The van der Waals surface area contributed by atoms with E-state index in [2.05, 4.69) is 9.62 Å². The van der Waals surface area contributed by atoms with Gasteiger partial charge in [-0.1, -0.05) is 35.9 Å². The maximum Gasteiger partial charge on any atom is 0.215 e. The summed E-state index contributed by atoms with van der Waals surface area (Å²) >= 11 is 6.15. The van der Waals surface area contributed by atoms with Crippen molar-refractivity contribution in [1.82, 2.24) is 9.62 Å². The van der Waals surface area contributed by atoms with Crippen molar-refractivity contribution in [3.8, 4) is 6.07 Å². The molecule has 0 radical (unpaired) electrons. The molecule has 28 heavy (non-hydrogen) atoms. The predicted molar refractivity (Wildman–Crippen MR) is 108 cm³/mol. The van der Waals surface area contributed by atoms with Gasteiger partial charge in [-0.3, -0.25) is 4.90 Å². The third kappa shape index (κ3) is 5.77. The van der Waals surface area contributed by atoms with Crippen LogP contribution < -0.4 is 4.72 Å². The van der Waals surface area contributed by atoms with Gasteiger partial charge in [-0.2, -0.15) is 5.26 Å². The highest BCUT2D eigenvalue weighted by molar-refractivity contribution is 7.88. The fourth-order valence-electron chi connectivity index (χ4n) is 3.27. The van der Waals surface area contributed by atoms with Crippen LogP contribution in [0.5, 0.6) is 0 Å². The van der Waals surface area contributed by atoms with Gasteiger partial charge in [0.25, 0.3) is 0 Å². The average molecular weight is 420 g/mol. The highest BCUT2D eigenvalue weighted by atomic mass is 35.5. The summed E-state index contributed by atoms with van der Waals surface area (Å²) in [6.45, 7) is 2.92. The van der Waals surface area contributed by atoms with Crippen molar-refractivity contribution in [2.75, 3.05) is 32.8 Å². The number of nitrogens with one attached hydrogen (secondary N) is 1. The molecule has 0 aromatic heterocycles. The van der Waals surface area contributed by atoms with Crippen molar-refractivity contribution in [1.29, 1.82) is 5.26 Å². The van der Waals surface area contributed by atoms with E-state index in [1.807, 2.05) is 24.3 Å². The van der Waals surface area contributed by atoms with Crippen LogP contribution in [-0.4, -0.2) is 46.2 Å². The van der Waals surface area contributed by atoms with Crippen molar-refractivity contribution in [3.63, 3.8) is 0 Å². The molecule has 0 spiro atoms. The van der Waals surface area contributed by atoms with Crippen molar-refractivity contribution < 1.29 is 13.2 Å². The number of nitriles is 1. The van der Waals surface area contributed by atoms with Crippen LogP contribution >= 0.6 is 11.6 Å². The van der Waals surface area contributed by atoms with Gasteiger partial charge >= 0.3 is 0 Å². The number of benzene rings is 2. The standard InChI is InChI=1S/C20H22ClN3O3S/c21-19-6-2-5-18(12-19)20(24-7-9-27-10-8-24)14-23-28(25,26)15-17-4-1-3-16(11-17)13-22/h1-6,11-12,20,23H,7-10,14-15H2. The van der Waals surface area contributed by atoms with E-state index >= 15 is 0 Å². The topological polar surface area (TPSA) is 82.4 Å². The Balaban J connectivity index is 1.73. The van der Waals surface area contributed by atoms with Gasteiger partial charge in [-0.05, 0) is 35.4 Å². The first kappa shape index (κ1) is 20.8. The number of hydrogen-bond donors (Lipinski definition) is 1. The molecule has 1 saturated heterocycles. The molecule has 2 aromatic rings. The van der Waals surface area contributed by atoms with Gasteiger partial charge in [0.15, 0.2) is 0 Å². The van der Waals surface area contributed by atoms with E-state index in [1.165, 1.54) is 0 Å². The molecule has 6 nitrogen and oxygen atoms in total. The fourth-order valence-corrected chi connectivity index (χ4v) is 4.60. The van der Waals surface area contributed by atoms with E-state index in [1.54, 1.807) is 30.3 Å². The summed E-state index contributed by atoms with van der Waals surface area (Å²) < 4.78 is 33.4.